The molecule has 2 aromatic rings. The van der Waals surface area contributed by atoms with Crippen LogP contribution in [-0.2, 0) is 18.9 Å². The third-order valence-corrected chi connectivity index (χ3v) is 3.27. The Kier molecular flexibility index (Phi) is 5.45. The number of alkyl halides is 6. The molecule has 0 saturated heterocycles. The first-order valence-electron chi connectivity index (χ1n) is 7.15. The molecule has 4 nitrogen and oxygen atoms in total. The van der Waals surface area contributed by atoms with Crippen LogP contribution in [0.3, 0.4) is 0 Å². The lowest BCUT2D eigenvalue weighted by Gasteiger charge is -2.15. The van der Waals surface area contributed by atoms with Gasteiger partial charge in [0.05, 0.1) is 11.1 Å². The summed E-state index contributed by atoms with van der Waals surface area (Å²) >= 11 is 0. The van der Waals surface area contributed by atoms with Gasteiger partial charge in [-0.05, 0) is 35.9 Å². The van der Waals surface area contributed by atoms with Crippen LogP contribution < -0.4 is 16.4 Å². The zero-order valence-electron chi connectivity index (χ0n) is 13.0. The molecule has 0 saturated carbocycles. The van der Waals surface area contributed by atoms with Crippen molar-refractivity contribution in [1.29, 1.82) is 0 Å². The summed E-state index contributed by atoms with van der Waals surface area (Å²) in [5.74, 6) is 0. The summed E-state index contributed by atoms with van der Waals surface area (Å²) in [7, 11) is 0. The SMILES string of the molecule is NCc1cccc(NC(=O)Nc2cc(C(F)(F)F)cc(C(F)(F)F)c2)c1. The maximum absolute atomic E-state index is 12.8. The number of urea groups is 1. The molecule has 0 aliphatic carbocycles. The number of nitrogens with one attached hydrogen (secondary N) is 2. The number of carbonyl (C=O) groups excluding carboxylic acids is 1. The lowest BCUT2D eigenvalue weighted by molar-refractivity contribution is -0.143. The maximum Gasteiger partial charge on any atom is 0.416 e. The molecule has 0 atom stereocenters. The van der Waals surface area contributed by atoms with Gasteiger partial charge in [0.1, 0.15) is 0 Å². The minimum atomic E-state index is -5.00. The van der Waals surface area contributed by atoms with E-state index in [4.69, 9.17) is 5.73 Å². The molecule has 26 heavy (non-hydrogen) atoms. The number of amides is 2. The minimum absolute atomic E-state index is 0.0200. The summed E-state index contributed by atoms with van der Waals surface area (Å²) in [5, 5.41) is 4.28. The van der Waals surface area contributed by atoms with Crippen molar-refractivity contribution in [3.05, 3.63) is 59.2 Å². The van der Waals surface area contributed by atoms with Crippen molar-refractivity contribution in [2.45, 2.75) is 18.9 Å². The van der Waals surface area contributed by atoms with Crippen molar-refractivity contribution in [2.24, 2.45) is 5.73 Å². The summed E-state index contributed by atoms with van der Waals surface area (Å²) < 4.78 is 76.8. The van der Waals surface area contributed by atoms with Crippen LogP contribution in [0.4, 0.5) is 42.5 Å². The Morgan fingerprint density at radius 2 is 1.38 bits per heavy atom. The van der Waals surface area contributed by atoms with Crippen LogP contribution in [0.5, 0.6) is 0 Å². The Morgan fingerprint density at radius 3 is 1.88 bits per heavy atom. The lowest BCUT2D eigenvalue weighted by Crippen LogP contribution is -2.21. The molecule has 2 rings (SSSR count). The molecule has 4 N–H and O–H groups in total. The van der Waals surface area contributed by atoms with Crippen LogP contribution in [-0.4, -0.2) is 6.03 Å². The molecule has 0 radical (unpaired) electrons. The number of halogens is 6. The van der Waals surface area contributed by atoms with Gasteiger partial charge in [0, 0.05) is 17.9 Å². The zero-order chi connectivity index (χ0) is 19.5. The normalized spacial score (nSPS) is 12.0. The van der Waals surface area contributed by atoms with Crippen LogP contribution in [0.15, 0.2) is 42.5 Å². The molecule has 0 aliphatic rings. The van der Waals surface area contributed by atoms with E-state index in [1.165, 1.54) is 12.1 Å². The molecule has 2 amide bonds. The molecular weight excluding hydrogens is 364 g/mol. The van der Waals surface area contributed by atoms with E-state index in [9.17, 15) is 31.1 Å². The highest BCUT2D eigenvalue weighted by Gasteiger charge is 2.37. The first-order chi connectivity index (χ1) is 12.0. The monoisotopic (exact) mass is 377 g/mol. The molecule has 2 aromatic carbocycles. The fourth-order valence-electron chi connectivity index (χ4n) is 2.10. The van der Waals surface area contributed by atoms with Gasteiger partial charge in [-0.1, -0.05) is 12.1 Å². The number of nitrogens with two attached hydrogens (primary N) is 1. The molecule has 0 bridgehead atoms. The van der Waals surface area contributed by atoms with Crippen molar-refractivity contribution < 1.29 is 31.1 Å². The summed E-state index contributed by atoms with van der Waals surface area (Å²) in [6.45, 7) is 0.194. The third-order valence-electron chi connectivity index (χ3n) is 3.27. The van der Waals surface area contributed by atoms with Crippen molar-refractivity contribution >= 4 is 17.4 Å². The number of hydrogen-bond donors (Lipinski definition) is 3. The van der Waals surface area contributed by atoms with E-state index in [1.54, 1.807) is 12.1 Å². The summed E-state index contributed by atoms with van der Waals surface area (Å²) in [6, 6.07) is 6.12. The highest BCUT2D eigenvalue weighted by Crippen LogP contribution is 2.37. The van der Waals surface area contributed by atoms with Crippen molar-refractivity contribution in [2.75, 3.05) is 10.6 Å². The number of carbonyl (C=O) groups is 1. The van der Waals surface area contributed by atoms with E-state index in [2.05, 4.69) is 5.32 Å². The van der Waals surface area contributed by atoms with Crippen LogP contribution in [0, 0.1) is 0 Å². The predicted octanol–water partition coefficient (Wildman–Crippen LogP) is 4.83. The van der Waals surface area contributed by atoms with E-state index in [1.807, 2.05) is 5.32 Å². The molecule has 0 aromatic heterocycles. The maximum atomic E-state index is 12.8. The number of benzene rings is 2. The lowest BCUT2D eigenvalue weighted by atomic mass is 10.1. The van der Waals surface area contributed by atoms with Gasteiger partial charge in [-0.25, -0.2) is 4.79 Å². The second-order valence-corrected chi connectivity index (χ2v) is 5.28. The molecule has 0 spiro atoms. The first-order valence-corrected chi connectivity index (χ1v) is 7.15. The smallest absolute Gasteiger partial charge is 0.326 e. The van der Waals surface area contributed by atoms with Gasteiger partial charge in [0.15, 0.2) is 0 Å². The second-order valence-electron chi connectivity index (χ2n) is 5.28. The topological polar surface area (TPSA) is 67.1 Å². The highest BCUT2D eigenvalue weighted by atomic mass is 19.4. The van der Waals surface area contributed by atoms with Gasteiger partial charge in [-0.3, -0.25) is 0 Å². The van der Waals surface area contributed by atoms with E-state index in [-0.39, 0.29) is 18.3 Å². The molecule has 0 fully saturated rings. The summed E-state index contributed by atoms with van der Waals surface area (Å²) in [4.78, 5) is 11.9. The van der Waals surface area contributed by atoms with Gasteiger partial charge in [0.2, 0.25) is 0 Å². The molecular formula is C16H13F6N3O. The predicted molar refractivity (Wildman–Crippen MR) is 83.4 cm³/mol. The van der Waals surface area contributed by atoms with Crippen molar-refractivity contribution in [1.82, 2.24) is 0 Å². The largest absolute Gasteiger partial charge is 0.416 e. The Morgan fingerprint density at radius 1 is 0.846 bits per heavy atom. The number of hydrogen-bond acceptors (Lipinski definition) is 2. The van der Waals surface area contributed by atoms with E-state index < -0.39 is 35.2 Å². The molecule has 0 aliphatic heterocycles. The highest BCUT2D eigenvalue weighted by molar-refractivity contribution is 5.99. The summed E-state index contributed by atoms with van der Waals surface area (Å²) in [6.07, 6.45) is -9.99. The van der Waals surface area contributed by atoms with Crippen LogP contribution in [0.25, 0.3) is 0 Å². The Hall–Kier alpha value is -2.75. The van der Waals surface area contributed by atoms with E-state index in [0.29, 0.717) is 17.7 Å². The quantitative estimate of drug-likeness (QED) is 0.671. The van der Waals surface area contributed by atoms with Gasteiger partial charge < -0.3 is 16.4 Å². The molecule has 0 unspecified atom stereocenters. The first kappa shape index (κ1) is 19.6. The summed E-state index contributed by atoms with van der Waals surface area (Å²) in [5.41, 5.74) is 2.73. The average molecular weight is 377 g/mol. The standard InChI is InChI=1S/C16H13F6N3O/c17-15(18,19)10-5-11(16(20,21)22)7-13(6-10)25-14(26)24-12-3-1-2-9(4-12)8-23/h1-7H,8,23H2,(H2,24,25,26). The Balaban J connectivity index is 2.25. The molecule has 10 heteroatoms. The fraction of sp³-hybridized carbons (Fsp3) is 0.188. The van der Waals surface area contributed by atoms with E-state index >= 15 is 0 Å². The van der Waals surface area contributed by atoms with Gasteiger partial charge in [-0.2, -0.15) is 26.3 Å². The third kappa shape index (κ3) is 5.12. The second kappa shape index (κ2) is 7.24. The average Bonchev–Trinajstić information content (AvgIpc) is 2.53. The minimum Gasteiger partial charge on any atom is -0.326 e. The molecule has 0 heterocycles. The Bertz CT molecular complexity index is 769. The number of rotatable bonds is 3. The van der Waals surface area contributed by atoms with Crippen LogP contribution in [0.1, 0.15) is 16.7 Å². The van der Waals surface area contributed by atoms with Gasteiger partial charge >= 0.3 is 18.4 Å². The van der Waals surface area contributed by atoms with Crippen LogP contribution in [0.2, 0.25) is 0 Å². The molecule has 140 valence electrons. The fourth-order valence-corrected chi connectivity index (χ4v) is 2.10. The van der Waals surface area contributed by atoms with Gasteiger partial charge in [0.25, 0.3) is 0 Å². The van der Waals surface area contributed by atoms with E-state index in [0.717, 1.165) is 0 Å². The number of anilines is 2. The van der Waals surface area contributed by atoms with Crippen LogP contribution >= 0.6 is 0 Å². The van der Waals surface area contributed by atoms with Crippen molar-refractivity contribution in [3.63, 3.8) is 0 Å². The van der Waals surface area contributed by atoms with Gasteiger partial charge in [-0.15, -0.1) is 0 Å². The van der Waals surface area contributed by atoms with Crippen molar-refractivity contribution in [3.8, 4) is 0 Å². The Labute approximate surface area is 144 Å². The zero-order valence-corrected chi connectivity index (χ0v) is 13.0.